The van der Waals surface area contributed by atoms with Crippen molar-refractivity contribution in [3.8, 4) is 11.5 Å². The summed E-state index contributed by atoms with van der Waals surface area (Å²) in [7, 11) is 1.57. The third-order valence-electron chi connectivity index (χ3n) is 6.81. The van der Waals surface area contributed by atoms with Crippen LogP contribution in [0.5, 0.6) is 11.5 Å². The van der Waals surface area contributed by atoms with Gasteiger partial charge in [0.05, 0.1) is 19.3 Å². The number of nitrogens with one attached hydrogen (secondary N) is 2. The van der Waals surface area contributed by atoms with Crippen LogP contribution in [0.3, 0.4) is 0 Å². The van der Waals surface area contributed by atoms with Gasteiger partial charge >= 0.3 is 0 Å². The maximum atomic E-state index is 13.6. The van der Waals surface area contributed by atoms with Crippen LogP contribution in [-0.4, -0.2) is 29.5 Å². The molecule has 2 heterocycles. The number of thioether (sulfide) groups is 1. The number of nitrogens with zero attached hydrogens (tertiary/aromatic N) is 1. The van der Waals surface area contributed by atoms with Crippen molar-refractivity contribution in [2.75, 3.05) is 19.0 Å². The second-order valence-corrected chi connectivity index (χ2v) is 11.2. The molecule has 3 aromatic rings. The molecule has 9 heteroatoms. The van der Waals surface area contributed by atoms with E-state index in [1.54, 1.807) is 19.2 Å². The van der Waals surface area contributed by atoms with E-state index in [1.165, 1.54) is 23.9 Å². The Morgan fingerprint density at radius 3 is 2.58 bits per heavy atom. The van der Waals surface area contributed by atoms with Crippen molar-refractivity contribution in [3.63, 3.8) is 0 Å². The first kappa shape index (κ1) is 26.0. The second-order valence-electron chi connectivity index (χ2n) is 10.3. The SMILES string of the molecule is CCOc1ccc(C2C3=C(CC(C)(C)CC3=O)Nc3nc(SCc4ccc(F)cc4)[nH]c(=O)c32)cc1OC. The number of carbonyl (C=O) groups excluding carboxylic acids is 1. The number of halogens is 1. The van der Waals surface area contributed by atoms with Gasteiger partial charge in [0.2, 0.25) is 0 Å². The molecule has 0 bridgehead atoms. The zero-order chi connectivity index (χ0) is 27.0. The highest BCUT2D eigenvalue weighted by Crippen LogP contribution is 2.48. The van der Waals surface area contributed by atoms with Crippen LogP contribution in [0.25, 0.3) is 0 Å². The van der Waals surface area contributed by atoms with Crippen molar-refractivity contribution in [1.82, 2.24) is 9.97 Å². The molecule has 0 spiro atoms. The van der Waals surface area contributed by atoms with Gasteiger partial charge in [-0.15, -0.1) is 0 Å². The fourth-order valence-electron chi connectivity index (χ4n) is 5.17. The van der Waals surface area contributed by atoms with E-state index in [-0.39, 0.29) is 22.6 Å². The molecule has 198 valence electrons. The lowest BCUT2D eigenvalue weighted by atomic mass is 9.69. The number of hydrogen-bond donors (Lipinski definition) is 2. The molecule has 1 unspecified atom stereocenters. The predicted octanol–water partition coefficient (Wildman–Crippen LogP) is 5.81. The Balaban J connectivity index is 1.59. The monoisotopic (exact) mass is 535 g/mol. The third kappa shape index (κ3) is 5.07. The van der Waals surface area contributed by atoms with Crippen molar-refractivity contribution in [1.29, 1.82) is 0 Å². The first-order valence-corrected chi connectivity index (χ1v) is 13.5. The van der Waals surface area contributed by atoms with Crippen molar-refractivity contribution >= 4 is 23.4 Å². The number of ketones is 1. The van der Waals surface area contributed by atoms with Gasteiger partial charge in [-0.2, -0.15) is 0 Å². The number of anilines is 1. The van der Waals surface area contributed by atoms with Gasteiger partial charge in [0.25, 0.3) is 5.56 Å². The molecule has 1 aliphatic carbocycles. The number of aromatic amines is 1. The number of carbonyl (C=O) groups is 1. The van der Waals surface area contributed by atoms with Crippen LogP contribution in [0.1, 0.15) is 56.2 Å². The predicted molar refractivity (Wildman–Crippen MR) is 145 cm³/mol. The van der Waals surface area contributed by atoms with Crippen LogP contribution in [0, 0.1) is 11.2 Å². The molecule has 1 aromatic heterocycles. The van der Waals surface area contributed by atoms with Crippen LogP contribution in [-0.2, 0) is 10.5 Å². The molecule has 1 atom stereocenters. The largest absolute Gasteiger partial charge is 0.493 e. The van der Waals surface area contributed by atoms with Gasteiger partial charge in [-0.1, -0.05) is 43.8 Å². The number of rotatable bonds is 7. The summed E-state index contributed by atoms with van der Waals surface area (Å²) in [6.45, 7) is 6.51. The minimum Gasteiger partial charge on any atom is -0.493 e. The molecule has 0 amide bonds. The van der Waals surface area contributed by atoms with Gasteiger partial charge in [0, 0.05) is 29.4 Å². The fraction of sp³-hybridized carbons (Fsp3) is 0.345. The average molecular weight is 536 g/mol. The van der Waals surface area contributed by atoms with E-state index < -0.39 is 5.92 Å². The molecule has 38 heavy (non-hydrogen) atoms. The van der Waals surface area contributed by atoms with E-state index in [0.717, 1.165) is 16.8 Å². The standard InChI is InChI=1S/C29H30FN3O4S/c1-5-37-21-11-8-17(12-22(21)36-4)23-24-19(13-29(2,3)14-20(24)34)31-26-25(23)27(35)33-28(32-26)38-15-16-6-9-18(30)10-7-16/h6-12,23H,5,13-15H2,1-4H3,(H2,31,32,33,35). The minimum absolute atomic E-state index is 0.0152. The molecule has 2 aliphatic rings. The van der Waals surface area contributed by atoms with Crippen molar-refractivity contribution in [3.05, 3.63) is 86.6 Å². The summed E-state index contributed by atoms with van der Waals surface area (Å²) in [6.07, 6.45) is 1.05. The van der Waals surface area contributed by atoms with E-state index in [2.05, 4.69) is 24.1 Å². The lowest BCUT2D eigenvalue weighted by molar-refractivity contribution is -0.118. The lowest BCUT2D eigenvalue weighted by Crippen LogP contribution is -2.37. The highest BCUT2D eigenvalue weighted by molar-refractivity contribution is 7.98. The normalized spacial score (nSPS) is 17.9. The molecule has 0 fully saturated rings. The van der Waals surface area contributed by atoms with E-state index in [4.69, 9.17) is 14.5 Å². The van der Waals surface area contributed by atoms with Gasteiger partial charge in [-0.25, -0.2) is 9.37 Å². The van der Waals surface area contributed by atoms with E-state index >= 15 is 0 Å². The number of hydrogen-bond acceptors (Lipinski definition) is 7. The fourth-order valence-corrected chi connectivity index (χ4v) is 5.98. The Bertz CT molecular complexity index is 1480. The van der Waals surface area contributed by atoms with Gasteiger partial charge in [0.15, 0.2) is 22.4 Å². The number of allylic oxidation sites excluding steroid dienone is 2. The number of fused-ring (bicyclic) bond motifs is 1. The van der Waals surface area contributed by atoms with Crippen LogP contribution >= 0.6 is 11.8 Å². The van der Waals surface area contributed by atoms with Crippen molar-refractivity contribution in [2.24, 2.45) is 5.41 Å². The molecule has 0 saturated heterocycles. The van der Waals surface area contributed by atoms with E-state index in [9.17, 15) is 14.0 Å². The molecule has 0 radical (unpaired) electrons. The topological polar surface area (TPSA) is 93.3 Å². The Morgan fingerprint density at radius 1 is 1.11 bits per heavy atom. The molecular weight excluding hydrogens is 505 g/mol. The molecule has 5 rings (SSSR count). The van der Waals surface area contributed by atoms with Crippen LogP contribution < -0.4 is 20.3 Å². The zero-order valence-corrected chi connectivity index (χ0v) is 22.6. The summed E-state index contributed by atoms with van der Waals surface area (Å²) in [5.74, 6) is 1.21. The average Bonchev–Trinajstić information content (AvgIpc) is 2.87. The number of methoxy groups -OCH3 is 1. The second kappa shape index (κ2) is 10.3. The number of Topliss-reactive ketones (excluding diaryl/α,β-unsaturated/α-hetero) is 1. The molecule has 2 N–H and O–H groups in total. The summed E-state index contributed by atoms with van der Waals surface area (Å²) in [5.41, 5.74) is 2.93. The van der Waals surface area contributed by atoms with E-state index in [1.807, 2.05) is 25.1 Å². The van der Waals surface area contributed by atoms with Gasteiger partial charge in [0.1, 0.15) is 11.6 Å². The maximum Gasteiger partial charge on any atom is 0.257 e. The Morgan fingerprint density at radius 2 is 1.87 bits per heavy atom. The smallest absolute Gasteiger partial charge is 0.257 e. The lowest BCUT2D eigenvalue weighted by Gasteiger charge is -2.38. The first-order valence-electron chi connectivity index (χ1n) is 12.5. The zero-order valence-electron chi connectivity index (χ0n) is 21.8. The maximum absolute atomic E-state index is 13.6. The number of H-pyrrole nitrogens is 1. The molecular formula is C29H30FN3O4S. The number of ether oxygens (including phenoxy) is 2. The van der Waals surface area contributed by atoms with Crippen LogP contribution in [0.2, 0.25) is 0 Å². The van der Waals surface area contributed by atoms with E-state index in [0.29, 0.717) is 58.8 Å². The minimum atomic E-state index is -0.596. The summed E-state index contributed by atoms with van der Waals surface area (Å²) in [5, 5.41) is 3.78. The summed E-state index contributed by atoms with van der Waals surface area (Å²) in [4.78, 5) is 34.7. The summed E-state index contributed by atoms with van der Waals surface area (Å²) >= 11 is 1.36. The Kier molecular flexibility index (Phi) is 7.05. The molecule has 0 saturated carbocycles. The Labute approximate surface area is 224 Å². The molecule has 2 aromatic carbocycles. The van der Waals surface area contributed by atoms with Gasteiger partial charge in [-0.3, -0.25) is 9.59 Å². The van der Waals surface area contributed by atoms with Crippen LogP contribution in [0.4, 0.5) is 10.2 Å². The molecule has 7 nitrogen and oxygen atoms in total. The number of aromatic nitrogens is 2. The van der Waals surface area contributed by atoms with Crippen molar-refractivity contribution in [2.45, 2.75) is 50.4 Å². The number of benzene rings is 2. The third-order valence-corrected chi connectivity index (χ3v) is 7.75. The Hall–Kier alpha value is -3.59. The summed E-state index contributed by atoms with van der Waals surface area (Å²) in [6, 6.07) is 11.8. The quantitative estimate of drug-likeness (QED) is 0.291. The van der Waals surface area contributed by atoms with Crippen molar-refractivity contribution < 1.29 is 18.7 Å². The molecule has 1 aliphatic heterocycles. The van der Waals surface area contributed by atoms with Crippen LogP contribution in [0.15, 0.2) is 63.7 Å². The highest BCUT2D eigenvalue weighted by atomic mass is 32.2. The van der Waals surface area contributed by atoms with Gasteiger partial charge in [-0.05, 0) is 54.2 Å². The first-order chi connectivity index (χ1) is 18.2. The highest BCUT2D eigenvalue weighted by Gasteiger charge is 2.42. The summed E-state index contributed by atoms with van der Waals surface area (Å²) < 4.78 is 24.5. The van der Waals surface area contributed by atoms with Gasteiger partial charge < -0.3 is 19.8 Å².